The molecule has 1 heterocycles. The average Bonchev–Trinajstić information content (AvgIpc) is 3.22. The number of ether oxygens (including phenoxy) is 2. The van der Waals surface area contributed by atoms with Gasteiger partial charge in [-0.2, -0.15) is 0 Å². The van der Waals surface area contributed by atoms with Gasteiger partial charge in [-0.25, -0.2) is 0 Å². The van der Waals surface area contributed by atoms with E-state index in [1.54, 1.807) is 6.08 Å². The Bertz CT molecular complexity index is 1050. The second-order valence-corrected chi connectivity index (χ2v) is 16.5. The van der Waals surface area contributed by atoms with Gasteiger partial charge in [-0.1, -0.05) is 191 Å². The van der Waals surface area contributed by atoms with Crippen molar-refractivity contribution in [1.29, 1.82) is 0 Å². The Morgan fingerprint density at radius 2 is 1.03 bits per heavy atom. The zero-order valence-electron chi connectivity index (χ0n) is 37.0. The first-order valence-electron chi connectivity index (χ1n) is 23.9. The standard InChI is InChI=1S/C49H89NO8/c1-3-5-7-9-11-13-15-17-18-19-20-21-22-23-24-25-27-28-30-32-34-36-38-43(52)42(41-57-49-48(56)47(55)46(54)44(40-51)58-49)50-45(53)39-37-35-33-31-29-26-16-14-12-10-8-6-4-2/h26,28-30,33,35-36,38,42-44,46-49,51-52,54-56H,3-25,27,31-32,34,37,39-41H2,1-2H3,(H,50,53)/b29-26-,30-28+,35-33-,38-36+. The van der Waals surface area contributed by atoms with E-state index < -0.39 is 49.5 Å². The Morgan fingerprint density at radius 1 is 0.586 bits per heavy atom. The molecule has 1 amide bonds. The van der Waals surface area contributed by atoms with Gasteiger partial charge in [0.25, 0.3) is 0 Å². The molecule has 0 aliphatic carbocycles. The van der Waals surface area contributed by atoms with Gasteiger partial charge < -0.3 is 40.3 Å². The van der Waals surface area contributed by atoms with Gasteiger partial charge in [-0.3, -0.25) is 4.79 Å². The summed E-state index contributed by atoms with van der Waals surface area (Å²) in [5.41, 5.74) is 0. The van der Waals surface area contributed by atoms with E-state index in [4.69, 9.17) is 9.47 Å². The predicted octanol–water partition coefficient (Wildman–Crippen LogP) is 10.2. The fourth-order valence-corrected chi connectivity index (χ4v) is 7.28. The summed E-state index contributed by atoms with van der Waals surface area (Å²) >= 11 is 0. The summed E-state index contributed by atoms with van der Waals surface area (Å²) in [6.45, 7) is 3.71. The molecule has 0 bridgehead atoms. The molecule has 1 aliphatic rings. The van der Waals surface area contributed by atoms with Gasteiger partial charge in [0.2, 0.25) is 5.91 Å². The lowest BCUT2D eigenvalue weighted by molar-refractivity contribution is -0.302. The molecule has 1 rings (SSSR count). The van der Waals surface area contributed by atoms with Gasteiger partial charge in [0.15, 0.2) is 6.29 Å². The van der Waals surface area contributed by atoms with Gasteiger partial charge in [-0.15, -0.1) is 0 Å². The molecule has 338 valence electrons. The first-order chi connectivity index (χ1) is 28.3. The zero-order valence-corrected chi connectivity index (χ0v) is 37.0. The zero-order chi connectivity index (χ0) is 42.3. The molecule has 0 spiro atoms. The van der Waals surface area contributed by atoms with Gasteiger partial charge in [-0.05, 0) is 51.4 Å². The van der Waals surface area contributed by atoms with E-state index >= 15 is 0 Å². The molecule has 58 heavy (non-hydrogen) atoms. The molecule has 9 heteroatoms. The van der Waals surface area contributed by atoms with Crippen molar-refractivity contribution >= 4 is 5.91 Å². The molecule has 1 saturated heterocycles. The van der Waals surface area contributed by atoms with Gasteiger partial charge in [0, 0.05) is 6.42 Å². The number of carbonyl (C=O) groups is 1. The maximum Gasteiger partial charge on any atom is 0.220 e. The van der Waals surface area contributed by atoms with Crippen LogP contribution in [0.3, 0.4) is 0 Å². The first kappa shape index (κ1) is 54.2. The number of aliphatic hydroxyl groups is 5. The smallest absolute Gasteiger partial charge is 0.220 e. The van der Waals surface area contributed by atoms with Crippen molar-refractivity contribution in [2.24, 2.45) is 0 Å². The van der Waals surface area contributed by atoms with E-state index in [2.05, 4.69) is 49.5 Å². The van der Waals surface area contributed by atoms with Crippen LogP contribution in [0.4, 0.5) is 0 Å². The molecule has 0 saturated carbocycles. The van der Waals surface area contributed by atoms with Crippen molar-refractivity contribution in [2.45, 2.75) is 243 Å². The van der Waals surface area contributed by atoms with Crippen molar-refractivity contribution in [3.8, 4) is 0 Å². The van der Waals surface area contributed by atoms with Crippen molar-refractivity contribution in [2.75, 3.05) is 13.2 Å². The average molecular weight is 820 g/mol. The van der Waals surface area contributed by atoms with Crippen LogP contribution in [0, 0.1) is 0 Å². The minimum atomic E-state index is -1.58. The SMILES string of the molecule is CCCCCCCC/C=C\C/C=C\CCC(=O)NC(COC1OC(CO)C(O)C(O)C1O)C(O)/C=C/CC/C=C/CCCCCCCCCCCCCCCCCC. The Morgan fingerprint density at radius 3 is 1.55 bits per heavy atom. The van der Waals surface area contributed by atoms with Crippen molar-refractivity contribution in [3.63, 3.8) is 0 Å². The van der Waals surface area contributed by atoms with Crippen LogP contribution in [0.25, 0.3) is 0 Å². The van der Waals surface area contributed by atoms with Crippen LogP contribution in [-0.4, -0.2) is 87.5 Å². The quantitative estimate of drug-likeness (QED) is 0.0265. The number of amides is 1. The van der Waals surface area contributed by atoms with E-state index in [0.29, 0.717) is 6.42 Å². The maximum absolute atomic E-state index is 12.9. The molecule has 9 nitrogen and oxygen atoms in total. The normalized spacial score (nSPS) is 21.3. The number of carbonyl (C=O) groups excluding carboxylic acids is 1. The third-order valence-electron chi connectivity index (χ3n) is 11.1. The molecule has 6 N–H and O–H groups in total. The lowest BCUT2D eigenvalue weighted by Crippen LogP contribution is -2.60. The summed E-state index contributed by atoms with van der Waals surface area (Å²) < 4.78 is 11.2. The lowest BCUT2D eigenvalue weighted by Gasteiger charge is -2.40. The summed E-state index contributed by atoms with van der Waals surface area (Å²) in [4.78, 5) is 12.9. The Balaban J connectivity index is 2.37. The number of rotatable bonds is 39. The summed E-state index contributed by atoms with van der Waals surface area (Å²) in [5, 5.41) is 54.1. The molecular formula is C49H89NO8. The Labute approximate surface area is 354 Å². The van der Waals surface area contributed by atoms with E-state index in [0.717, 1.165) is 32.1 Å². The van der Waals surface area contributed by atoms with Crippen LogP contribution in [0.5, 0.6) is 0 Å². The largest absolute Gasteiger partial charge is 0.394 e. The van der Waals surface area contributed by atoms with E-state index in [1.807, 2.05) is 12.2 Å². The number of unbranched alkanes of at least 4 members (excludes halogenated alkanes) is 23. The van der Waals surface area contributed by atoms with Gasteiger partial charge in [0.05, 0.1) is 25.4 Å². The van der Waals surface area contributed by atoms with Crippen LogP contribution in [0.15, 0.2) is 48.6 Å². The molecule has 0 aromatic carbocycles. The highest BCUT2D eigenvalue weighted by Crippen LogP contribution is 2.22. The Hall–Kier alpha value is -1.85. The topological polar surface area (TPSA) is 149 Å². The van der Waals surface area contributed by atoms with Crippen LogP contribution < -0.4 is 5.32 Å². The van der Waals surface area contributed by atoms with Crippen LogP contribution >= 0.6 is 0 Å². The fraction of sp³-hybridized carbons (Fsp3) is 0.816. The number of allylic oxidation sites excluding steroid dienone is 7. The second kappa shape index (κ2) is 39.3. The molecule has 0 radical (unpaired) electrons. The predicted molar refractivity (Wildman–Crippen MR) is 239 cm³/mol. The fourth-order valence-electron chi connectivity index (χ4n) is 7.28. The van der Waals surface area contributed by atoms with E-state index in [9.17, 15) is 30.3 Å². The highest BCUT2D eigenvalue weighted by Gasteiger charge is 2.44. The lowest BCUT2D eigenvalue weighted by atomic mass is 9.99. The molecule has 0 aromatic heterocycles. The third-order valence-corrected chi connectivity index (χ3v) is 11.1. The number of hydrogen-bond donors (Lipinski definition) is 6. The first-order valence-corrected chi connectivity index (χ1v) is 23.9. The monoisotopic (exact) mass is 820 g/mol. The summed E-state index contributed by atoms with van der Waals surface area (Å²) in [7, 11) is 0. The maximum atomic E-state index is 12.9. The summed E-state index contributed by atoms with van der Waals surface area (Å²) in [6.07, 6.45) is 43.2. The van der Waals surface area contributed by atoms with E-state index in [-0.39, 0.29) is 18.9 Å². The molecule has 1 fully saturated rings. The number of nitrogens with one attached hydrogen (secondary N) is 1. The summed E-state index contributed by atoms with van der Waals surface area (Å²) in [5.74, 6) is -0.255. The molecule has 0 aromatic rings. The van der Waals surface area contributed by atoms with Crippen molar-refractivity contribution in [3.05, 3.63) is 48.6 Å². The second-order valence-electron chi connectivity index (χ2n) is 16.5. The minimum absolute atomic E-state index is 0.224. The molecule has 1 aliphatic heterocycles. The Kier molecular flexibility index (Phi) is 36.7. The minimum Gasteiger partial charge on any atom is -0.394 e. The summed E-state index contributed by atoms with van der Waals surface area (Å²) in [6, 6.07) is -0.851. The van der Waals surface area contributed by atoms with Gasteiger partial charge in [0.1, 0.15) is 24.4 Å². The molecular weight excluding hydrogens is 731 g/mol. The van der Waals surface area contributed by atoms with Crippen molar-refractivity contribution < 1.29 is 39.8 Å². The van der Waals surface area contributed by atoms with Crippen LogP contribution in [0.2, 0.25) is 0 Å². The van der Waals surface area contributed by atoms with E-state index in [1.165, 1.54) is 141 Å². The highest BCUT2D eigenvalue weighted by atomic mass is 16.7. The third kappa shape index (κ3) is 29.4. The molecule has 7 atom stereocenters. The van der Waals surface area contributed by atoms with Crippen LogP contribution in [0.1, 0.15) is 200 Å². The molecule has 7 unspecified atom stereocenters. The van der Waals surface area contributed by atoms with Gasteiger partial charge >= 0.3 is 0 Å². The number of aliphatic hydroxyl groups excluding tert-OH is 5. The highest BCUT2D eigenvalue weighted by molar-refractivity contribution is 5.76. The van der Waals surface area contributed by atoms with Crippen molar-refractivity contribution in [1.82, 2.24) is 5.32 Å². The van der Waals surface area contributed by atoms with Crippen LogP contribution in [-0.2, 0) is 14.3 Å². The number of hydrogen-bond acceptors (Lipinski definition) is 8.